The van der Waals surface area contributed by atoms with Crippen LogP contribution in [0.1, 0.15) is 24.0 Å². The van der Waals surface area contributed by atoms with Crippen molar-refractivity contribution in [2.24, 2.45) is 5.92 Å². The van der Waals surface area contributed by atoms with Crippen molar-refractivity contribution in [3.8, 4) is 6.07 Å². The van der Waals surface area contributed by atoms with Crippen molar-refractivity contribution in [1.82, 2.24) is 4.90 Å². The number of benzene rings is 1. The molecule has 1 heterocycles. The second kappa shape index (κ2) is 6.35. The zero-order valence-corrected chi connectivity index (χ0v) is 11.1. The molecular formula is C15H18N2O2. The Morgan fingerprint density at radius 1 is 1.47 bits per heavy atom. The molecule has 0 unspecified atom stereocenters. The lowest BCUT2D eigenvalue weighted by atomic mass is 9.98. The van der Waals surface area contributed by atoms with E-state index < -0.39 is 0 Å². The van der Waals surface area contributed by atoms with Gasteiger partial charge in [0.2, 0.25) is 5.91 Å². The molecule has 0 aliphatic carbocycles. The van der Waals surface area contributed by atoms with E-state index >= 15 is 0 Å². The van der Waals surface area contributed by atoms with Crippen LogP contribution in [0.5, 0.6) is 0 Å². The molecule has 1 aromatic rings. The van der Waals surface area contributed by atoms with Gasteiger partial charge in [0.1, 0.15) is 0 Å². The summed E-state index contributed by atoms with van der Waals surface area (Å²) in [6.07, 6.45) is 1.61. The van der Waals surface area contributed by atoms with Gasteiger partial charge in [-0.25, -0.2) is 0 Å². The molecule has 1 saturated heterocycles. The van der Waals surface area contributed by atoms with E-state index in [1.54, 1.807) is 11.0 Å². The Balaban J connectivity index is 1.97. The summed E-state index contributed by atoms with van der Waals surface area (Å²) in [5.41, 5.74) is 1.62. The third kappa shape index (κ3) is 3.55. The second-order valence-electron chi connectivity index (χ2n) is 4.89. The van der Waals surface area contributed by atoms with Gasteiger partial charge in [-0.2, -0.15) is 5.26 Å². The molecule has 0 radical (unpaired) electrons. The molecular weight excluding hydrogens is 240 g/mol. The maximum Gasteiger partial charge on any atom is 0.225 e. The quantitative estimate of drug-likeness (QED) is 0.832. The van der Waals surface area contributed by atoms with Crippen molar-refractivity contribution in [2.75, 3.05) is 20.3 Å². The molecule has 1 aliphatic rings. The van der Waals surface area contributed by atoms with E-state index in [9.17, 15) is 4.79 Å². The first-order chi connectivity index (χ1) is 9.20. The Hall–Kier alpha value is -1.86. The van der Waals surface area contributed by atoms with E-state index in [-0.39, 0.29) is 11.8 Å². The Morgan fingerprint density at radius 2 is 2.21 bits per heavy atom. The monoisotopic (exact) mass is 258 g/mol. The van der Waals surface area contributed by atoms with Gasteiger partial charge in [0.15, 0.2) is 0 Å². The molecule has 1 amide bonds. The fourth-order valence-electron chi connectivity index (χ4n) is 2.35. The third-order valence-corrected chi connectivity index (χ3v) is 3.42. The largest absolute Gasteiger partial charge is 0.381 e. The van der Waals surface area contributed by atoms with Crippen LogP contribution < -0.4 is 0 Å². The highest BCUT2D eigenvalue weighted by Crippen LogP contribution is 2.18. The summed E-state index contributed by atoms with van der Waals surface area (Å²) in [5.74, 6) is 0.253. The summed E-state index contributed by atoms with van der Waals surface area (Å²) in [7, 11) is 1.82. The molecule has 0 N–H and O–H groups in total. The van der Waals surface area contributed by atoms with Crippen molar-refractivity contribution in [2.45, 2.75) is 19.4 Å². The predicted octanol–water partition coefficient (Wildman–Crippen LogP) is 1.94. The maximum atomic E-state index is 12.3. The van der Waals surface area contributed by atoms with Crippen LogP contribution in [-0.2, 0) is 16.1 Å². The number of nitriles is 1. The van der Waals surface area contributed by atoms with E-state index in [2.05, 4.69) is 6.07 Å². The first-order valence-electron chi connectivity index (χ1n) is 6.52. The fourth-order valence-corrected chi connectivity index (χ4v) is 2.35. The van der Waals surface area contributed by atoms with Crippen molar-refractivity contribution in [1.29, 1.82) is 5.26 Å². The number of hydrogen-bond donors (Lipinski definition) is 0. The molecule has 1 fully saturated rings. The summed E-state index contributed by atoms with van der Waals surface area (Å²) in [6, 6.07) is 9.49. The SMILES string of the molecule is CN(Cc1cccc(C#N)c1)C(=O)C1CCOCC1. The predicted molar refractivity (Wildman–Crippen MR) is 71.2 cm³/mol. The minimum absolute atomic E-state index is 0.0814. The van der Waals surface area contributed by atoms with Crippen LogP contribution in [0.3, 0.4) is 0 Å². The van der Waals surface area contributed by atoms with Crippen LogP contribution >= 0.6 is 0 Å². The van der Waals surface area contributed by atoms with Crippen molar-refractivity contribution in [3.63, 3.8) is 0 Å². The fraction of sp³-hybridized carbons (Fsp3) is 0.467. The highest BCUT2D eigenvalue weighted by atomic mass is 16.5. The Bertz CT molecular complexity index is 487. The topological polar surface area (TPSA) is 53.3 Å². The molecule has 1 aromatic carbocycles. The summed E-state index contributed by atoms with van der Waals surface area (Å²) >= 11 is 0. The van der Waals surface area contributed by atoms with Gasteiger partial charge in [0.05, 0.1) is 11.6 Å². The first-order valence-corrected chi connectivity index (χ1v) is 6.52. The first kappa shape index (κ1) is 13.6. The smallest absolute Gasteiger partial charge is 0.225 e. The average molecular weight is 258 g/mol. The van der Waals surface area contributed by atoms with Crippen LogP contribution in [0.15, 0.2) is 24.3 Å². The molecule has 4 heteroatoms. The Morgan fingerprint density at radius 3 is 2.89 bits per heavy atom. The molecule has 19 heavy (non-hydrogen) atoms. The maximum absolute atomic E-state index is 12.3. The zero-order chi connectivity index (χ0) is 13.7. The minimum atomic E-state index is 0.0814. The van der Waals surface area contributed by atoms with Crippen LogP contribution in [0.2, 0.25) is 0 Å². The molecule has 0 saturated carbocycles. The normalized spacial score (nSPS) is 15.8. The van der Waals surface area contributed by atoms with Gasteiger partial charge in [-0.3, -0.25) is 4.79 Å². The number of carbonyl (C=O) groups is 1. The van der Waals surface area contributed by atoms with Gasteiger partial charge in [-0.1, -0.05) is 12.1 Å². The van der Waals surface area contributed by atoms with Crippen molar-refractivity contribution in [3.05, 3.63) is 35.4 Å². The summed E-state index contributed by atoms with van der Waals surface area (Å²) < 4.78 is 5.27. The van der Waals surface area contributed by atoms with Crippen LogP contribution in [0.4, 0.5) is 0 Å². The van der Waals surface area contributed by atoms with Gasteiger partial charge in [0, 0.05) is 32.7 Å². The van der Waals surface area contributed by atoms with E-state index in [1.807, 2.05) is 25.2 Å². The minimum Gasteiger partial charge on any atom is -0.381 e. The van der Waals surface area contributed by atoms with E-state index in [0.29, 0.717) is 25.3 Å². The Labute approximate surface area is 113 Å². The van der Waals surface area contributed by atoms with Gasteiger partial charge in [0.25, 0.3) is 0 Å². The highest BCUT2D eigenvalue weighted by Gasteiger charge is 2.24. The number of ether oxygens (including phenoxy) is 1. The van der Waals surface area contributed by atoms with Crippen LogP contribution in [-0.4, -0.2) is 31.1 Å². The number of carbonyl (C=O) groups excluding carboxylic acids is 1. The van der Waals surface area contributed by atoms with Gasteiger partial charge in [-0.05, 0) is 30.5 Å². The van der Waals surface area contributed by atoms with Crippen molar-refractivity contribution >= 4 is 5.91 Å². The number of amides is 1. The van der Waals surface area contributed by atoms with E-state index in [0.717, 1.165) is 18.4 Å². The van der Waals surface area contributed by atoms with Gasteiger partial charge < -0.3 is 9.64 Å². The van der Waals surface area contributed by atoms with Gasteiger partial charge >= 0.3 is 0 Å². The molecule has 0 spiro atoms. The second-order valence-corrected chi connectivity index (χ2v) is 4.89. The molecule has 0 atom stereocenters. The van der Waals surface area contributed by atoms with E-state index in [1.165, 1.54) is 0 Å². The highest BCUT2D eigenvalue weighted by molar-refractivity contribution is 5.78. The number of nitrogens with zero attached hydrogens (tertiary/aromatic N) is 2. The third-order valence-electron chi connectivity index (χ3n) is 3.42. The molecule has 1 aliphatic heterocycles. The summed E-state index contributed by atoms with van der Waals surface area (Å²) in [6.45, 7) is 1.90. The van der Waals surface area contributed by atoms with Crippen LogP contribution in [0, 0.1) is 17.2 Å². The number of hydrogen-bond acceptors (Lipinski definition) is 3. The van der Waals surface area contributed by atoms with E-state index in [4.69, 9.17) is 10.00 Å². The molecule has 100 valence electrons. The number of rotatable bonds is 3. The Kier molecular flexibility index (Phi) is 4.53. The average Bonchev–Trinajstić information content (AvgIpc) is 2.47. The van der Waals surface area contributed by atoms with Crippen molar-refractivity contribution < 1.29 is 9.53 Å². The standard InChI is InChI=1S/C15H18N2O2/c1-17(15(18)14-5-7-19-8-6-14)11-13-4-2-3-12(9-13)10-16/h2-4,9,14H,5-8,11H2,1H3. The molecule has 2 rings (SSSR count). The molecule has 0 aromatic heterocycles. The van der Waals surface area contributed by atoms with Crippen LogP contribution in [0.25, 0.3) is 0 Å². The summed E-state index contributed by atoms with van der Waals surface area (Å²) in [4.78, 5) is 14.0. The zero-order valence-electron chi connectivity index (χ0n) is 11.1. The lowest BCUT2D eigenvalue weighted by Gasteiger charge is -2.26. The lowest BCUT2D eigenvalue weighted by Crippen LogP contribution is -2.35. The molecule has 4 nitrogen and oxygen atoms in total. The summed E-state index contributed by atoms with van der Waals surface area (Å²) in [5, 5.41) is 8.86. The molecule has 0 bridgehead atoms. The van der Waals surface area contributed by atoms with Gasteiger partial charge in [-0.15, -0.1) is 0 Å². The lowest BCUT2D eigenvalue weighted by molar-refractivity contribution is -0.137.